The molecule has 0 saturated heterocycles. The summed E-state index contributed by atoms with van der Waals surface area (Å²) < 4.78 is 10.8. The van der Waals surface area contributed by atoms with Crippen molar-refractivity contribution >= 4 is 28.9 Å². The van der Waals surface area contributed by atoms with Gasteiger partial charge in [0, 0.05) is 41.0 Å². The third-order valence-electron chi connectivity index (χ3n) is 10.5. The van der Waals surface area contributed by atoms with Gasteiger partial charge in [-0.25, -0.2) is 0 Å². The van der Waals surface area contributed by atoms with Crippen LogP contribution in [-0.2, 0) is 27.2 Å². The summed E-state index contributed by atoms with van der Waals surface area (Å²) in [6, 6.07) is 0. The van der Waals surface area contributed by atoms with E-state index in [4.69, 9.17) is 9.47 Å². The van der Waals surface area contributed by atoms with Gasteiger partial charge in [-0.15, -0.1) is 0 Å². The highest BCUT2D eigenvalue weighted by Crippen LogP contribution is 2.54. The summed E-state index contributed by atoms with van der Waals surface area (Å²) in [5, 5.41) is 57.9. The van der Waals surface area contributed by atoms with Gasteiger partial charge in [0.2, 0.25) is 0 Å². The monoisotopic (exact) mass is 738 g/mol. The van der Waals surface area contributed by atoms with Crippen LogP contribution in [0.15, 0.2) is 11.3 Å². The number of phenolic OH excluding ortho intramolecular Hbond substituents is 4. The van der Waals surface area contributed by atoms with Gasteiger partial charge in [-0.3, -0.25) is 24.0 Å². The standard InChI is InChI=1S/C41H54O12/c1-13-20(6)30(44)29-34(48)24(32(46)22(8)36(29)53-12)17-41(10)38(50)28(26(43)15-19(4)5)37(49)40(9,39(41)51)16-23-31(45)21(7)35(52-11)27(33(23)47)25(42)14-18(2)3/h18-20,45-48,50H,13-17H2,1-12H3. The number of ketones is 5. The Hall–Kier alpha value is -4.87. The Morgan fingerprint density at radius 3 is 1.51 bits per heavy atom. The number of methoxy groups -OCH3 is 2. The first-order chi connectivity index (χ1) is 24.5. The fraction of sp³-hybridized carbons (Fsp3) is 0.537. The van der Waals surface area contributed by atoms with E-state index in [1.54, 1.807) is 41.5 Å². The lowest BCUT2D eigenvalue weighted by Gasteiger charge is -2.42. The first kappa shape index (κ1) is 42.5. The Bertz CT molecular complexity index is 1900. The largest absolute Gasteiger partial charge is 0.510 e. The van der Waals surface area contributed by atoms with Crippen molar-refractivity contribution in [2.45, 2.75) is 101 Å². The molecule has 0 aromatic heterocycles. The number of rotatable bonds is 15. The number of Topliss-reactive ketones (excluding diaryl/α,β-unsaturated/α-hetero) is 5. The quantitative estimate of drug-likeness (QED) is 0.0713. The molecule has 0 amide bonds. The molecule has 53 heavy (non-hydrogen) atoms. The Labute approximate surface area is 310 Å². The molecule has 0 bridgehead atoms. The Balaban J connectivity index is 2.43. The molecule has 0 aliphatic heterocycles. The summed E-state index contributed by atoms with van der Waals surface area (Å²) in [6.45, 7) is 15.9. The topological polar surface area (TPSA) is 205 Å². The minimum Gasteiger partial charge on any atom is -0.510 e. The molecule has 2 aromatic rings. The fourth-order valence-corrected chi connectivity index (χ4v) is 7.26. The lowest BCUT2D eigenvalue weighted by Crippen LogP contribution is -2.54. The van der Waals surface area contributed by atoms with E-state index in [0.29, 0.717) is 6.42 Å². The van der Waals surface area contributed by atoms with Crippen LogP contribution in [0.2, 0.25) is 0 Å². The molecule has 0 saturated carbocycles. The van der Waals surface area contributed by atoms with E-state index in [1.165, 1.54) is 41.9 Å². The summed E-state index contributed by atoms with van der Waals surface area (Å²) in [7, 11) is 2.54. The number of allylic oxidation sites excluding steroid dienone is 2. The highest BCUT2D eigenvalue weighted by atomic mass is 16.5. The van der Waals surface area contributed by atoms with Crippen molar-refractivity contribution in [3.05, 3.63) is 44.7 Å². The second-order valence-corrected chi connectivity index (χ2v) is 15.5. The Morgan fingerprint density at radius 1 is 0.660 bits per heavy atom. The molecule has 12 heteroatoms. The van der Waals surface area contributed by atoms with Gasteiger partial charge in [-0.05, 0) is 58.8 Å². The number of aliphatic hydroxyl groups is 1. The number of aromatic hydroxyl groups is 4. The number of phenols is 4. The van der Waals surface area contributed by atoms with E-state index in [9.17, 15) is 49.5 Å². The number of hydrogen-bond acceptors (Lipinski definition) is 12. The minimum absolute atomic E-state index is 0.00102. The maximum Gasteiger partial charge on any atom is 0.183 e. The van der Waals surface area contributed by atoms with Gasteiger partial charge in [-0.1, -0.05) is 41.5 Å². The maximum atomic E-state index is 15.0. The molecule has 3 rings (SSSR count). The van der Waals surface area contributed by atoms with Crippen molar-refractivity contribution in [1.29, 1.82) is 0 Å². The van der Waals surface area contributed by atoms with Crippen LogP contribution in [0.1, 0.15) is 118 Å². The number of ether oxygens (including phenoxy) is 2. The number of aliphatic hydroxyl groups excluding tert-OH is 1. The third-order valence-corrected chi connectivity index (χ3v) is 10.5. The second-order valence-electron chi connectivity index (χ2n) is 15.5. The van der Waals surface area contributed by atoms with Crippen LogP contribution in [0.4, 0.5) is 0 Å². The number of carbonyl (C=O) groups is 5. The van der Waals surface area contributed by atoms with Gasteiger partial charge in [0.05, 0.1) is 25.0 Å². The first-order valence-electron chi connectivity index (χ1n) is 17.8. The van der Waals surface area contributed by atoms with Crippen LogP contribution < -0.4 is 9.47 Å². The van der Waals surface area contributed by atoms with Crippen molar-refractivity contribution in [2.75, 3.05) is 14.2 Å². The number of hydrogen-bond donors (Lipinski definition) is 5. The third kappa shape index (κ3) is 7.24. The summed E-state index contributed by atoms with van der Waals surface area (Å²) in [6.07, 6.45) is -1.18. The highest BCUT2D eigenvalue weighted by molar-refractivity contribution is 6.31. The summed E-state index contributed by atoms with van der Waals surface area (Å²) in [5.74, 6) is -8.33. The van der Waals surface area contributed by atoms with Gasteiger partial charge in [-0.2, -0.15) is 0 Å². The van der Waals surface area contributed by atoms with Crippen molar-refractivity contribution < 1.29 is 59.0 Å². The molecule has 12 nitrogen and oxygen atoms in total. The zero-order valence-electron chi connectivity index (χ0n) is 32.9. The fourth-order valence-electron chi connectivity index (χ4n) is 7.26. The van der Waals surface area contributed by atoms with Crippen LogP contribution in [0.3, 0.4) is 0 Å². The predicted octanol–water partition coefficient (Wildman–Crippen LogP) is 6.98. The van der Waals surface area contributed by atoms with E-state index >= 15 is 0 Å². The van der Waals surface area contributed by atoms with E-state index in [1.807, 2.05) is 0 Å². The van der Waals surface area contributed by atoms with Crippen molar-refractivity contribution in [1.82, 2.24) is 0 Å². The van der Waals surface area contributed by atoms with Crippen LogP contribution in [-0.4, -0.2) is 68.7 Å². The van der Waals surface area contributed by atoms with Crippen LogP contribution in [0, 0.1) is 42.4 Å². The molecule has 1 aliphatic carbocycles. The second kappa shape index (κ2) is 15.6. The van der Waals surface area contributed by atoms with Gasteiger partial charge >= 0.3 is 0 Å². The molecule has 3 unspecified atom stereocenters. The molecule has 0 fully saturated rings. The average molecular weight is 739 g/mol. The van der Waals surface area contributed by atoms with Crippen molar-refractivity contribution in [2.24, 2.45) is 28.6 Å². The molecule has 1 aliphatic rings. The Morgan fingerprint density at radius 2 is 1.08 bits per heavy atom. The highest BCUT2D eigenvalue weighted by Gasteiger charge is 2.59. The molecule has 3 atom stereocenters. The van der Waals surface area contributed by atoms with Gasteiger partial charge in [0.15, 0.2) is 28.9 Å². The van der Waals surface area contributed by atoms with Gasteiger partial charge < -0.3 is 35.0 Å². The first-order valence-corrected chi connectivity index (χ1v) is 17.8. The van der Waals surface area contributed by atoms with E-state index < -0.39 is 92.8 Å². The van der Waals surface area contributed by atoms with Crippen LogP contribution >= 0.6 is 0 Å². The van der Waals surface area contributed by atoms with Crippen LogP contribution in [0.25, 0.3) is 0 Å². The summed E-state index contributed by atoms with van der Waals surface area (Å²) >= 11 is 0. The van der Waals surface area contributed by atoms with E-state index in [-0.39, 0.29) is 69.6 Å². The van der Waals surface area contributed by atoms with Gasteiger partial charge in [0.1, 0.15) is 57.0 Å². The maximum absolute atomic E-state index is 15.0. The molecular formula is C41H54O12. The molecule has 0 radical (unpaired) electrons. The molecule has 2 aromatic carbocycles. The Kier molecular flexibility index (Phi) is 12.5. The molecule has 290 valence electrons. The normalized spacial score (nSPS) is 19.6. The SMILES string of the molecule is CCC(C)C(=O)c1c(O)c(CC2(C)C(=O)C(C)(Cc3c(O)c(C)c(OC)c(C(=O)CC(C)C)c3O)C(=O)C(C(=O)CC(C)C)=C2O)c(O)c(C)c1OC. The molecule has 5 N–H and O–H groups in total. The van der Waals surface area contributed by atoms with E-state index in [0.717, 1.165) is 0 Å². The summed E-state index contributed by atoms with van der Waals surface area (Å²) in [4.78, 5) is 70.2. The van der Waals surface area contributed by atoms with Crippen LogP contribution in [0.5, 0.6) is 34.5 Å². The zero-order valence-corrected chi connectivity index (χ0v) is 32.9. The zero-order chi connectivity index (χ0) is 40.7. The molecular weight excluding hydrogens is 684 g/mol. The summed E-state index contributed by atoms with van der Waals surface area (Å²) in [5.41, 5.74) is -6.12. The predicted molar refractivity (Wildman–Crippen MR) is 197 cm³/mol. The van der Waals surface area contributed by atoms with Crippen molar-refractivity contribution in [3.8, 4) is 34.5 Å². The average Bonchev–Trinajstić information content (AvgIpc) is 3.08. The lowest BCUT2D eigenvalue weighted by atomic mass is 9.57. The minimum atomic E-state index is -2.26. The van der Waals surface area contributed by atoms with E-state index in [2.05, 4.69) is 0 Å². The smallest absolute Gasteiger partial charge is 0.183 e. The molecule has 0 heterocycles. The lowest BCUT2D eigenvalue weighted by molar-refractivity contribution is -0.147. The number of benzene rings is 2. The van der Waals surface area contributed by atoms with Crippen molar-refractivity contribution in [3.63, 3.8) is 0 Å². The molecule has 0 spiro atoms. The number of carbonyl (C=O) groups excluding carboxylic acids is 5. The van der Waals surface area contributed by atoms with Gasteiger partial charge in [0.25, 0.3) is 0 Å².